The molecule has 3 aromatic carbocycles. The van der Waals surface area contributed by atoms with Crippen molar-refractivity contribution in [1.82, 2.24) is 0 Å². The number of hydrogen-bond donors (Lipinski definition) is 0. The molecular formula is C23H18ClNO3S. The predicted molar refractivity (Wildman–Crippen MR) is 120 cm³/mol. The third-order valence-corrected chi connectivity index (χ3v) is 5.53. The molecule has 29 heavy (non-hydrogen) atoms. The van der Waals surface area contributed by atoms with Gasteiger partial charge in [0.05, 0.1) is 16.7 Å². The van der Waals surface area contributed by atoms with Crippen LogP contribution in [0.25, 0.3) is 16.8 Å². The molecule has 0 spiro atoms. The highest BCUT2D eigenvalue weighted by atomic mass is 35.5. The van der Waals surface area contributed by atoms with Crippen molar-refractivity contribution >= 4 is 57.0 Å². The second-order valence-corrected chi connectivity index (χ2v) is 8.29. The number of thioether (sulfide) groups is 1. The predicted octanol–water partition coefficient (Wildman–Crippen LogP) is 6.52. The Morgan fingerprint density at radius 1 is 1.03 bits per heavy atom. The molecule has 0 saturated carbocycles. The third-order valence-electron chi connectivity index (χ3n) is 4.43. The van der Waals surface area contributed by atoms with Gasteiger partial charge in [0.2, 0.25) is 0 Å². The Balaban J connectivity index is 1.81. The molecule has 0 aromatic heterocycles. The standard InChI is InChI=1S/C23H18ClNO3S/c1-14(2)28-20-11-10-15-6-3-4-9-18(15)19(20)13-21-22(26)25(23(27)29-21)17-8-5-7-16(24)12-17/h3-14H,1-2H3/b21-13-. The highest BCUT2D eigenvalue weighted by molar-refractivity contribution is 8.19. The summed E-state index contributed by atoms with van der Waals surface area (Å²) in [6, 6.07) is 18.5. The number of halogens is 1. The topological polar surface area (TPSA) is 46.6 Å². The highest BCUT2D eigenvalue weighted by Crippen LogP contribution is 2.39. The van der Waals surface area contributed by atoms with Gasteiger partial charge in [-0.05, 0) is 66.7 Å². The van der Waals surface area contributed by atoms with Gasteiger partial charge in [0.1, 0.15) is 5.75 Å². The smallest absolute Gasteiger partial charge is 0.298 e. The number of carbonyl (C=O) groups excluding carboxylic acids is 2. The minimum atomic E-state index is -0.370. The minimum Gasteiger partial charge on any atom is -0.490 e. The number of amides is 2. The summed E-state index contributed by atoms with van der Waals surface area (Å²) in [6.45, 7) is 3.90. The summed E-state index contributed by atoms with van der Waals surface area (Å²) in [5.74, 6) is 0.305. The Bertz CT molecular complexity index is 1160. The molecule has 0 N–H and O–H groups in total. The van der Waals surface area contributed by atoms with Crippen LogP contribution in [0.4, 0.5) is 10.5 Å². The number of rotatable bonds is 4. The zero-order valence-corrected chi connectivity index (χ0v) is 17.5. The maximum atomic E-state index is 13.0. The molecule has 4 nitrogen and oxygen atoms in total. The number of benzene rings is 3. The number of imide groups is 1. The van der Waals surface area contributed by atoms with Crippen LogP contribution < -0.4 is 9.64 Å². The lowest BCUT2D eigenvalue weighted by Crippen LogP contribution is -2.27. The van der Waals surface area contributed by atoms with E-state index in [2.05, 4.69) is 0 Å². The zero-order valence-electron chi connectivity index (χ0n) is 15.9. The first-order valence-electron chi connectivity index (χ1n) is 9.16. The van der Waals surface area contributed by atoms with Gasteiger partial charge in [-0.1, -0.05) is 48.0 Å². The monoisotopic (exact) mass is 423 g/mol. The number of hydrogen-bond acceptors (Lipinski definition) is 4. The van der Waals surface area contributed by atoms with Gasteiger partial charge in [-0.15, -0.1) is 0 Å². The minimum absolute atomic E-state index is 0.0233. The van der Waals surface area contributed by atoms with Crippen LogP contribution in [0, 0.1) is 0 Å². The Morgan fingerprint density at radius 3 is 2.59 bits per heavy atom. The maximum Gasteiger partial charge on any atom is 0.298 e. The van der Waals surface area contributed by atoms with Gasteiger partial charge in [-0.2, -0.15) is 0 Å². The molecule has 0 atom stereocenters. The largest absolute Gasteiger partial charge is 0.490 e. The molecule has 1 saturated heterocycles. The third kappa shape index (κ3) is 3.88. The van der Waals surface area contributed by atoms with Crippen LogP contribution in [0.1, 0.15) is 19.4 Å². The van der Waals surface area contributed by atoms with Gasteiger partial charge in [-0.25, -0.2) is 4.90 Å². The first-order valence-corrected chi connectivity index (χ1v) is 10.4. The SMILES string of the molecule is CC(C)Oc1ccc2ccccc2c1/C=C1\SC(=O)N(c2cccc(Cl)c2)C1=O. The second kappa shape index (κ2) is 7.93. The van der Waals surface area contributed by atoms with E-state index in [1.165, 1.54) is 0 Å². The summed E-state index contributed by atoms with van der Waals surface area (Å²) in [4.78, 5) is 27.1. The molecule has 1 fully saturated rings. The van der Waals surface area contributed by atoms with Gasteiger partial charge in [-0.3, -0.25) is 9.59 Å². The fraction of sp³-hybridized carbons (Fsp3) is 0.130. The lowest BCUT2D eigenvalue weighted by Gasteiger charge is -2.15. The lowest BCUT2D eigenvalue weighted by atomic mass is 10.0. The maximum absolute atomic E-state index is 13.0. The molecule has 0 unspecified atom stereocenters. The van der Waals surface area contributed by atoms with Crippen LogP contribution in [-0.4, -0.2) is 17.3 Å². The van der Waals surface area contributed by atoms with E-state index in [-0.39, 0.29) is 17.3 Å². The van der Waals surface area contributed by atoms with Crippen molar-refractivity contribution in [2.45, 2.75) is 20.0 Å². The Kier molecular flexibility index (Phi) is 5.35. The number of fused-ring (bicyclic) bond motifs is 1. The molecule has 1 heterocycles. The Morgan fingerprint density at radius 2 is 1.83 bits per heavy atom. The van der Waals surface area contributed by atoms with Crippen molar-refractivity contribution in [3.05, 3.63) is 76.2 Å². The summed E-state index contributed by atoms with van der Waals surface area (Å²) in [6.07, 6.45) is 1.72. The van der Waals surface area contributed by atoms with Crippen LogP contribution in [0.15, 0.2) is 65.6 Å². The van der Waals surface area contributed by atoms with Crippen LogP contribution in [0.5, 0.6) is 5.75 Å². The van der Waals surface area contributed by atoms with E-state index in [0.29, 0.717) is 21.4 Å². The van der Waals surface area contributed by atoms with E-state index >= 15 is 0 Å². The van der Waals surface area contributed by atoms with Crippen LogP contribution in [0.2, 0.25) is 5.02 Å². The zero-order chi connectivity index (χ0) is 20.5. The Labute approximate surface area is 178 Å². The number of ether oxygens (including phenoxy) is 1. The van der Waals surface area contributed by atoms with E-state index < -0.39 is 0 Å². The summed E-state index contributed by atoms with van der Waals surface area (Å²) in [5.41, 5.74) is 1.24. The van der Waals surface area contributed by atoms with Crippen molar-refractivity contribution in [2.75, 3.05) is 4.90 Å². The molecule has 1 aliphatic heterocycles. The summed E-state index contributed by atoms with van der Waals surface area (Å²) >= 11 is 6.95. The van der Waals surface area contributed by atoms with Gasteiger partial charge in [0, 0.05) is 10.6 Å². The number of carbonyl (C=O) groups is 2. The van der Waals surface area contributed by atoms with Gasteiger partial charge in [0.25, 0.3) is 11.1 Å². The molecule has 1 aliphatic rings. The van der Waals surface area contributed by atoms with Crippen molar-refractivity contribution < 1.29 is 14.3 Å². The first-order chi connectivity index (χ1) is 13.9. The molecule has 2 amide bonds. The van der Waals surface area contributed by atoms with Crippen LogP contribution in [0.3, 0.4) is 0 Å². The lowest BCUT2D eigenvalue weighted by molar-refractivity contribution is -0.113. The normalized spacial score (nSPS) is 15.7. The molecule has 146 valence electrons. The fourth-order valence-corrected chi connectivity index (χ4v) is 4.23. The molecule has 0 bridgehead atoms. The van der Waals surface area contributed by atoms with E-state index in [4.69, 9.17) is 16.3 Å². The summed E-state index contributed by atoms with van der Waals surface area (Å²) in [5, 5.41) is 2.10. The summed E-state index contributed by atoms with van der Waals surface area (Å²) in [7, 11) is 0. The Hall–Kier alpha value is -2.76. The molecular weight excluding hydrogens is 406 g/mol. The molecule has 0 radical (unpaired) electrons. The first kappa shape index (κ1) is 19.6. The average molecular weight is 424 g/mol. The number of anilines is 1. The quantitative estimate of drug-likeness (QED) is 0.448. The van der Waals surface area contributed by atoms with Crippen LogP contribution in [-0.2, 0) is 4.79 Å². The van der Waals surface area contributed by atoms with Crippen LogP contribution >= 0.6 is 23.4 Å². The fourth-order valence-electron chi connectivity index (χ4n) is 3.22. The van der Waals surface area contributed by atoms with Gasteiger partial charge in [0.15, 0.2) is 0 Å². The van der Waals surface area contributed by atoms with Gasteiger partial charge >= 0.3 is 0 Å². The summed E-state index contributed by atoms with van der Waals surface area (Å²) < 4.78 is 5.97. The van der Waals surface area contributed by atoms with Crippen molar-refractivity contribution in [3.8, 4) is 5.75 Å². The van der Waals surface area contributed by atoms with Crippen molar-refractivity contribution in [3.63, 3.8) is 0 Å². The average Bonchev–Trinajstić information content (AvgIpc) is 2.96. The molecule has 4 rings (SSSR count). The van der Waals surface area contributed by atoms with Crippen molar-refractivity contribution in [2.24, 2.45) is 0 Å². The molecule has 3 aromatic rings. The van der Waals surface area contributed by atoms with E-state index in [1.54, 1.807) is 30.3 Å². The van der Waals surface area contributed by atoms with E-state index in [1.807, 2.05) is 50.2 Å². The molecule has 0 aliphatic carbocycles. The van der Waals surface area contributed by atoms with Gasteiger partial charge < -0.3 is 4.74 Å². The van der Waals surface area contributed by atoms with E-state index in [0.717, 1.165) is 33.0 Å². The van der Waals surface area contributed by atoms with E-state index in [9.17, 15) is 9.59 Å². The number of nitrogens with zero attached hydrogens (tertiary/aromatic N) is 1. The second-order valence-electron chi connectivity index (χ2n) is 6.86. The highest BCUT2D eigenvalue weighted by Gasteiger charge is 2.36. The molecule has 6 heteroatoms. The van der Waals surface area contributed by atoms with Crippen molar-refractivity contribution in [1.29, 1.82) is 0 Å².